The van der Waals surface area contributed by atoms with Gasteiger partial charge in [-0.05, 0) is 44.2 Å². The molecule has 1 aromatic carbocycles. The lowest BCUT2D eigenvalue weighted by Gasteiger charge is -2.17. The average molecular weight is 357 g/mol. The Kier molecular flexibility index (Phi) is 4.22. The van der Waals surface area contributed by atoms with E-state index in [1.54, 1.807) is 18.2 Å². The Morgan fingerprint density at radius 3 is 2.77 bits per heavy atom. The number of carboxylic acid groups (broad SMARTS) is 1. The van der Waals surface area contributed by atoms with Crippen LogP contribution >= 0.6 is 0 Å². The highest BCUT2D eigenvalue weighted by atomic mass is 19.1. The van der Waals surface area contributed by atoms with Crippen molar-refractivity contribution in [2.24, 2.45) is 5.92 Å². The van der Waals surface area contributed by atoms with Gasteiger partial charge in [-0.15, -0.1) is 0 Å². The van der Waals surface area contributed by atoms with Crippen molar-refractivity contribution in [3.05, 3.63) is 47.0 Å². The lowest BCUT2D eigenvalue weighted by atomic mass is 10.0. The fourth-order valence-corrected chi connectivity index (χ4v) is 4.11. The van der Waals surface area contributed by atoms with Gasteiger partial charge >= 0.3 is 5.97 Å². The number of amides is 1. The number of aliphatic carboxylic acids is 1. The van der Waals surface area contributed by atoms with Crippen molar-refractivity contribution >= 4 is 11.9 Å². The molecule has 2 aliphatic carbocycles. The van der Waals surface area contributed by atoms with E-state index in [0.717, 1.165) is 36.9 Å². The maximum atomic E-state index is 14.2. The summed E-state index contributed by atoms with van der Waals surface area (Å²) in [6.45, 7) is 0. The van der Waals surface area contributed by atoms with Crippen LogP contribution in [0.4, 0.5) is 4.39 Å². The highest BCUT2D eigenvalue weighted by molar-refractivity contribution is 5.95. The van der Waals surface area contributed by atoms with Crippen LogP contribution in [0.5, 0.6) is 0 Å². The molecule has 0 spiro atoms. The van der Waals surface area contributed by atoms with Gasteiger partial charge in [0.1, 0.15) is 11.5 Å². The zero-order valence-electron chi connectivity index (χ0n) is 14.2. The number of hydrogen-bond donors (Lipinski definition) is 2. The number of fused-ring (bicyclic) bond motifs is 1. The maximum absolute atomic E-state index is 14.2. The minimum atomic E-state index is -0.880. The topological polar surface area (TPSA) is 84.2 Å². The molecule has 2 aromatic rings. The van der Waals surface area contributed by atoms with Crippen molar-refractivity contribution in [3.63, 3.8) is 0 Å². The van der Waals surface area contributed by atoms with Crippen LogP contribution in [0.15, 0.2) is 24.3 Å². The molecule has 1 amide bonds. The van der Waals surface area contributed by atoms with Crippen molar-refractivity contribution in [3.8, 4) is 5.69 Å². The third-order valence-electron chi connectivity index (χ3n) is 5.38. The van der Waals surface area contributed by atoms with Crippen molar-refractivity contribution in [2.75, 3.05) is 0 Å². The Bertz CT molecular complexity index is 877. The fraction of sp³-hybridized carbons (Fsp3) is 0.421. The van der Waals surface area contributed by atoms with E-state index >= 15 is 0 Å². The first-order chi connectivity index (χ1) is 12.6. The second-order valence-corrected chi connectivity index (χ2v) is 6.95. The number of rotatable bonds is 4. The van der Waals surface area contributed by atoms with E-state index in [0.29, 0.717) is 18.5 Å². The summed E-state index contributed by atoms with van der Waals surface area (Å²) in [5.74, 6) is -2.19. The van der Waals surface area contributed by atoms with Crippen molar-refractivity contribution in [2.45, 2.75) is 44.6 Å². The molecule has 136 valence electrons. The van der Waals surface area contributed by atoms with E-state index in [9.17, 15) is 19.1 Å². The molecule has 1 heterocycles. The Morgan fingerprint density at radius 1 is 1.19 bits per heavy atom. The van der Waals surface area contributed by atoms with E-state index in [4.69, 9.17) is 0 Å². The number of hydrogen-bond acceptors (Lipinski definition) is 3. The monoisotopic (exact) mass is 357 g/mol. The summed E-state index contributed by atoms with van der Waals surface area (Å²) in [6, 6.07) is 5.98. The molecular weight excluding hydrogens is 337 g/mol. The third-order valence-corrected chi connectivity index (χ3v) is 5.38. The summed E-state index contributed by atoms with van der Waals surface area (Å²) < 4.78 is 15.7. The van der Waals surface area contributed by atoms with E-state index in [2.05, 4.69) is 10.4 Å². The van der Waals surface area contributed by atoms with Gasteiger partial charge in [0.2, 0.25) is 0 Å². The number of nitrogens with zero attached hydrogens (tertiary/aromatic N) is 2. The summed E-state index contributed by atoms with van der Waals surface area (Å²) in [5, 5.41) is 16.5. The zero-order valence-corrected chi connectivity index (χ0v) is 14.2. The van der Waals surface area contributed by atoms with Crippen molar-refractivity contribution in [1.82, 2.24) is 15.1 Å². The zero-order chi connectivity index (χ0) is 18.3. The lowest BCUT2D eigenvalue weighted by molar-refractivity contribution is -0.142. The van der Waals surface area contributed by atoms with Gasteiger partial charge in [0.25, 0.3) is 5.91 Å². The van der Waals surface area contributed by atoms with Crippen molar-refractivity contribution in [1.29, 1.82) is 0 Å². The predicted molar refractivity (Wildman–Crippen MR) is 91.8 cm³/mol. The Hall–Kier alpha value is -2.70. The summed E-state index contributed by atoms with van der Waals surface area (Å²) in [7, 11) is 0. The van der Waals surface area contributed by atoms with E-state index < -0.39 is 17.7 Å². The van der Waals surface area contributed by atoms with Crippen LogP contribution < -0.4 is 5.32 Å². The fourth-order valence-electron chi connectivity index (χ4n) is 4.11. The Morgan fingerprint density at radius 2 is 2.00 bits per heavy atom. The number of para-hydroxylation sites is 1. The number of halogens is 1. The van der Waals surface area contributed by atoms with Gasteiger partial charge in [-0.1, -0.05) is 18.6 Å². The van der Waals surface area contributed by atoms with Crippen LogP contribution in [-0.4, -0.2) is 32.8 Å². The lowest BCUT2D eigenvalue weighted by Crippen LogP contribution is -2.40. The molecule has 0 radical (unpaired) electrons. The van der Waals surface area contributed by atoms with Crippen molar-refractivity contribution < 1.29 is 19.1 Å². The largest absolute Gasteiger partial charge is 0.481 e. The molecule has 7 heteroatoms. The smallest absolute Gasteiger partial charge is 0.308 e. The third kappa shape index (κ3) is 2.77. The quantitative estimate of drug-likeness (QED) is 0.880. The Balaban J connectivity index is 1.65. The van der Waals surface area contributed by atoms with Gasteiger partial charge < -0.3 is 10.4 Å². The van der Waals surface area contributed by atoms with Gasteiger partial charge in [-0.3, -0.25) is 9.59 Å². The predicted octanol–water partition coefficient (Wildman–Crippen LogP) is 2.48. The summed E-state index contributed by atoms with van der Waals surface area (Å²) in [5.41, 5.74) is 2.32. The second kappa shape index (κ2) is 6.55. The van der Waals surface area contributed by atoms with Gasteiger partial charge in [-0.2, -0.15) is 5.10 Å². The number of benzene rings is 1. The molecule has 26 heavy (non-hydrogen) atoms. The minimum Gasteiger partial charge on any atom is -0.481 e. The molecule has 2 atom stereocenters. The molecule has 4 rings (SSSR count). The van der Waals surface area contributed by atoms with Crippen LogP contribution in [0.2, 0.25) is 0 Å². The van der Waals surface area contributed by atoms with Gasteiger partial charge in [0.15, 0.2) is 5.69 Å². The first kappa shape index (κ1) is 16.8. The molecule has 6 nitrogen and oxygen atoms in total. The second-order valence-electron chi connectivity index (χ2n) is 6.95. The summed E-state index contributed by atoms with van der Waals surface area (Å²) in [6.07, 6.45) is 4.36. The van der Waals surface area contributed by atoms with E-state index in [1.807, 2.05) is 0 Å². The highest BCUT2D eigenvalue weighted by Crippen LogP contribution is 2.30. The number of carboxylic acids is 1. The molecular formula is C19H20FN3O3. The first-order valence-corrected chi connectivity index (χ1v) is 8.95. The maximum Gasteiger partial charge on any atom is 0.308 e. The van der Waals surface area contributed by atoms with Crippen LogP contribution in [0, 0.1) is 11.7 Å². The average Bonchev–Trinajstić information content (AvgIpc) is 3.31. The van der Waals surface area contributed by atoms with Crippen LogP contribution in [-0.2, 0) is 17.6 Å². The van der Waals surface area contributed by atoms with Gasteiger partial charge in [-0.25, -0.2) is 9.07 Å². The number of carbonyl (C=O) groups excluding carboxylic acids is 1. The van der Waals surface area contributed by atoms with Gasteiger partial charge in [0, 0.05) is 17.3 Å². The SMILES string of the molecule is O=C(N[C@H]1CCC[C@H]1C(=O)O)c1nn(-c2ccccc2F)c2c1CCC2. The molecule has 0 aliphatic heterocycles. The molecule has 1 aromatic heterocycles. The minimum absolute atomic E-state index is 0.289. The number of aromatic nitrogens is 2. The molecule has 1 saturated carbocycles. The van der Waals surface area contributed by atoms with E-state index in [1.165, 1.54) is 10.7 Å². The number of nitrogens with one attached hydrogen (secondary N) is 1. The van der Waals surface area contributed by atoms with Crippen LogP contribution in [0.25, 0.3) is 5.69 Å². The van der Waals surface area contributed by atoms with Crippen LogP contribution in [0.1, 0.15) is 47.4 Å². The normalized spacial score (nSPS) is 21.6. The van der Waals surface area contributed by atoms with E-state index in [-0.39, 0.29) is 17.6 Å². The molecule has 2 aliphatic rings. The first-order valence-electron chi connectivity index (χ1n) is 8.95. The van der Waals surface area contributed by atoms with Gasteiger partial charge in [0.05, 0.1) is 5.92 Å². The summed E-state index contributed by atoms with van der Waals surface area (Å²) in [4.78, 5) is 24.1. The highest BCUT2D eigenvalue weighted by Gasteiger charge is 2.36. The molecule has 1 fully saturated rings. The summed E-state index contributed by atoms with van der Waals surface area (Å²) >= 11 is 0. The molecule has 2 N–H and O–H groups in total. The number of carbonyl (C=O) groups is 2. The molecule has 0 saturated heterocycles. The van der Waals surface area contributed by atoms with Crippen LogP contribution in [0.3, 0.4) is 0 Å². The Labute approximate surface area is 150 Å². The standard InChI is InChI=1S/C19H20FN3O3/c20-13-7-1-2-9-16(13)23-15-10-4-6-12(15)17(22-23)18(24)21-14-8-3-5-11(14)19(25)26/h1-2,7,9,11,14H,3-6,8,10H2,(H,21,24)(H,25,26)/t11-,14+/m1/s1. The molecule has 0 bridgehead atoms. The molecule has 0 unspecified atom stereocenters.